The van der Waals surface area contributed by atoms with Crippen LogP contribution >= 0.6 is 11.6 Å². The molecule has 4 heteroatoms. The van der Waals surface area contributed by atoms with Crippen molar-refractivity contribution in [2.24, 2.45) is 0 Å². The minimum atomic E-state index is -0.0673. The molecule has 0 saturated carbocycles. The van der Waals surface area contributed by atoms with Crippen LogP contribution in [0.1, 0.15) is 36.0 Å². The number of furan rings is 1. The Balaban J connectivity index is 1.83. The Morgan fingerprint density at radius 1 is 1.16 bits per heavy atom. The summed E-state index contributed by atoms with van der Waals surface area (Å²) in [5.41, 5.74) is 1.35. The summed E-state index contributed by atoms with van der Waals surface area (Å²) >= 11 is 5.61. The molecule has 0 atom stereocenters. The van der Waals surface area contributed by atoms with Gasteiger partial charge in [-0.25, -0.2) is 0 Å². The fraction of sp³-hybridized carbons (Fsp3) is 0.400. The molecule has 2 rings (SSSR count). The molecule has 0 aliphatic carbocycles. The molecule has 1 heterocycles. The van der Waals surface area contributed by atoms with E-state index in [2.05, 4.69) is 5.32 Å². The third kappa shape index (κ3) is 3.74. The number of benzene rings is 1. The normalized spacial score (nSPS) is 10.8. The monoisotopic (exact) mass is 279 g/mol. The van der Waals surface area contributed by atoms with Crippen molar-refractivity contribution in [3.8, 4) is 0 Å². The summed E-state index contributed by atoms with van der Waals surface area (Å²) in [5.74, 6) is 0.648. The van der Waals surface area contributed by atoms with E-state index >= 15 is 0 Å². The smallest absolute Gasteiger partial charge is 0.255 e. The average Bonchev–Trinajstić information content (AvgIpc) is 2.86. The Hall–Kier alpha value is -1.48. The van der Waals surface area contributed by atoms with E-state index in [1.54, 1.807) is 0 Å². The number of carbonyl (C=O) groups excluding carboxylic acids is 1. The van der Waals surface area contributed by atoms with Crippen LogP contribution in [-0.2, 0) is 0 Å². The lowest BCUT2D eigenvalue weighted by molar-refractivity contribution is 0.0953. The van der Waals surface area contributed by atoms with E-state index in [0.29, 0.717) is 18.0 Å². The zero-order valence-corrected chi connectivity index (χ0v) is 11.6. The van der Waals surface area contributed by atoms with Gasteiger partial charge in [-0.15, -0.1) is 11.6 Å². The molecule has 1 N–H and O–H groups in total. The van der Waals surface area contributed by atoms with Crippen LogP contribution in [0.3, 0.4) is 0 Å². The van der Waals surface area contributed by atoms with Crippen molar-refractivity contribution < 1.29 is 9.21 Å². The van der Waals surface area contributed by atoms with Gasteiger partial charge in [-0.3, -0.25) is 4.79 Å². The summed E-state index contributed by atoms with van der Waals surface area (Å²) in [5, 5.41) is 3.79. The van der Waals surface area contributed by atoms with Gasteiger partial charge in [-0.1, -0.05) is 31.0 Å². The first-order chi connectivity index (χ1) is 9.33. The molecule has 0 radical (unpaired) electrons. The van der Waals surface area contributed by atoms with E-state index in [-0.39, 0.29) is 5.91 Å². The molecule has 3 nitrogen and oxygen atoms in total. The molecule has 1 aromatic heterocycles. The van der Waals surface area contributed by atoms with Crippen LogP contribution < -0.4 is 5.32 Å². The summed E-state index contributed by atoms with van der Waals surface area (Å²) in [4.78, 5) is 12.0. The molecule has 0 aliphatic heterocycles. The van der Waals surface area contributed by atoms with Gasteiger partial charge in [-0.05, 0) is 18.9 Å². The molecular formula is C15H18ClNO2. The summed E-state index contributed by atoms with van der Waals surface area (Å²) in [6.07, 6.45) is 5.76. The van der Waals surface area contributed by atoms with Crippen LogP contribution in [0.4, 0.5) is 0 Å². The Kier molecular flexibility index (Phi) is 5.28. The third-order valence-electron chi connectivity index (χ3n) is 3.07. The molecule has 102 valence electrons. The zero-order chi connectivity index (χ0) is 13.5. The van der Waals surface area contributed by atoms with Crippen molar-refractivity contribution in [3.63, 3.8) is 0 Å². The Labute approximate surface area is 117 Å². The number of amides is 1. The fourth-order valence-electron chi connectivity index (χ4n) is 2.02. The van der Waals surface area contributed by atoms with Gasteiger partial charge in [0.15, 0.2) is 0 Å². The first-order valence-corrected chi connectivity index (χ1v) is 7.17. The summed E-state index contributed by atoms with van der Waals surface area (Å²) in [6.45, 7) is 0.695. The van der Waals surface area contributed by atoms with Gasteiger partial charge in [0.2, 0.25) is 0 Å². The average molecular weight is 280 g/mol. The van der Waals surface area contributed by atoms with Gasteiger partial charge in [0.25, 0.3) is 5.91 Å². The van der Waals surface area contributed by atoms with E-state index in [0.717, 1.165) is 36.7 Å². The minimum absolute atomic E-state index is 0.0673. The van der Waals surface area contributed by atoms with Gasteiger partial charge in [-0.2, -0.15) is 0 Å². The van der Waals surface area contributed by atoms with E-state index in [1.807, 2.05) is 24.3 Å². The Morgan fingerprint density at radius 3 is 2.79 bits per heavy atom. The van der Waals surface area contributed by atoms with Crippen LogP contribution in [0.5, 0.6) is 0 Å². The van der Waals surface area contributed by atoms with Crippen LogP contribution in [0.25, 0.3) is 11.0 Å². The van der Waals surface area contributed by atoms with Crippen molar-refractivity contribution in [3.05, 3.63) is 36.1 Å². The Morgan fingerprint density at radius 2 is 1.95 bits per heavy atom. The van der Waals surface area contributed by atoms with Gasteiger partial charge in [0.05, 0.1) is 5.56 Å². The SMILES string of the molecule is O=C(NCCCCCCCl)c1coc2ccccc12. The summed E-state index contributed by atoms with van der Waals surface area (Å²) in [7, 11) is 0. The van der Waals surface area contributed by atoms with E-state index in [9.17, 15) is 4.79 Å². The predicted molar refractivity (Wildman–Crippen MR) is 77.7 cm³/mol. The number of unbranched alkanes of at least 4 members (excludes halogenated alkanes) is 3. The first-order valence-electron chi connectivity index (χ1n) is 6.63. The van der Waals surface area contributed by atoms with Gasteiger partial charge < -0.3 is 9.73 Å². The largest absolute Gasteiger partial charge is 0.463 e. The van der Waals surface area contributed by atoms with E-state index in [4.69, 9.17) is 16.0 Å². The molecule has 0 spiro atoms. The molecule has 1 amide bonds. The van der Waals surface area contributed by atoms with Crippen molar-refractivity contribution in [2.45, 2.75) is 25.7 Å². The van der Waals surface area contributed by atoms with Crippen molar-refractivity contribution in [2.75, 3.05) is 12.4 Å². The van der Waals surface area contributed by atoms with Crippen LogP contribution in [0.15, 0.2) is 34.9 Å². The van der Waals surface area contributed by atoms with E-state index < -0.39 is 0 Å². The van der Waals surface area contributed by atoms with Crippen LogP contribution in [0.2, 0.25) is 0 Å². The molecule has 0 aliphatic rings. The van der Waals surface area contributed by atoms with Gasteiger partial charge in [0.1, 0.15) is 11.8 Å². The lowest BCUT2D eigenvalue weighted by Gasteiger charge is -2.03. The number of alkyl halides is 1. The van der Waals surface area contributed by atoms with Crippen molar-refractivity contribution in [1.29, 1.82) is 0 Å². The number of halogens is 1. The molecule has 19 heavy (non-hydrogen) atoms. The van der Waals surface area contributed by atoms with Gasteiger partial charge >= 0.3 is 0 Å². The lowest BCUT2D eigenvalue weighted by atomic mass is 10.1. The third-order valence-corrected chi connectivity index (χ3v) is 3.34. The highest BCUT2D eigenvalue weighted by Crippen LogP contribution is 2.20. The predicted octanol–water partition coefficient (Wildman–Crippen LogP) is 3.96. The maximum atomic E-state index is 12.0. The zero-order valence-electron chi connectivity index (χ0n) is 10.8. The number of rotatable bonds is 7. The maximum Gasteiger partial charge on any atom is 0.255 e. The molecule has 2 aromatic rings. The second-order valence-electron chi connectivity index (χ2n) is 4.50. The molecule has 0 saturated heterocycles. The standard InChI is InChI=1S/C15H18ClNO2/c16-9-5-1-2-6-10-17-15(18)13-11-19-14-8-4-3-7-12(13)14/h3-4,7-8,11H,1-2,5-6,9-10H2,(H,17,18). The second kappa shape index (κ2) is 7.19. The Bertz CT molecular complexity index is 536. The topological polar surface area (TPSA) is 42.2 Å². The van der Waals surface area contributed by atoms with Crippen molar-refractivity contribution >= 4 is 28.5 Å². The lowest BCUT2D eigenvalue weighted by Crippen LogP contribution is -2.24. The van der Waals surface area contributed by atoms with E-state index in [1.165, 1.54) is 6.26 Å². The maximum absolute atomic E-state index is 12.0. The summed E-state index contributed by atoms with van der Waals surface area (Å²) < 4.78 is 5.35. The molecule has 0 bridgehead atoms. The first kappa shape index (κ1) is 13.9. The quantitative estimate of drug-likeness (QED) is 0.616. The molecular weight excluding hydrogens is 262 g/mol. The molecule has 1 aromatic carbocycles. The number of carbonyl (C=O) groups is 1. The minimum Gasteiger partial charge on any atom is -0.463 e. The van der Waals surface area contributed by atoms with Crippen LogP contribution in [0, 0.1) is 0 Å². The number of nitrogens with one attached hydrogen (secondary N) is 1. The molecule has 0 fully saturated rings. The number of para-hydroxylation sites is 1. The summed E-state index contributed by atoms with van der Waals surface area (Å²) in [6, 6.07) is 7.55. The highest BCUT2D eigenvalue weighted by molar-refractivity contribution is 6.17. The number of hydrogen-bond acceptors (Lipinski definition) is 2. The number of fused-ring (bicyclic) bond motifs is 1. The van der Waals surface area contributed by atoms with Crippen LogP contribution in [-0.4, -0.2) is 18.3 Å². The van der Waals surface area contributed by atoms with Gasteiger partial charge in [0, 0.05) is 17.8 Å². The number of hydrogen-bond donors (Lipinski definition) is 1. The highest BCUT2D eigenvalue weighted by atomic mass is 35.5. The highest BCUT2D eigenvalue weighted by Gasteiger charge is 2.12. The second-order valence-corrected chi connectivity index (χ2v) is 4.88. The van der Waals surface area contributed by atoms with Crippen molar-refractivity contribution in [1.82, 2.24) is 5.32 Å². The fourth-order valence-corrected chi connectivity index (χ4v) is 2.21. The molecule has 0 unspecified atom stereocenters.